The second-order valence-corrected chi connectivity index (χ2v) is 6.46. The van der Waals surface area contributed by atoms with Gasteiger partial charge in [0.1, 0.15) is 0 Å². The van der Waals surface area contributed by atoms with Crippen LogP contribution in [0, 0.1) is 5.92 Å². The Hall–Kier alpha value is -2.12. The fourth-order valence-corrected chi connectivity index (χ4v) is 2.28. The standard InChI is InChI=1S/C14H24N6O2/c1-5-15-11-16-12(19-14(2,3)4)18-13(17-11)20-7-6-9(8-20)10(21)22/h9H,5-8H2,1-4H3,(H,21,22)(H2,15,16,17,18,19). The molecule has 0 aromatic carbocycles. The number of rotatable bonds is 5. The van der Waals surface area contributed by atoms with E-state index in [-0.39, 0.29) is 11.5 Å². The molecule has 1 aromatic heterocycles. The highest BCUT2D eigenvalue weighted by atomic mass is 16.4. The summed E-state index contributed by atoms with van der Waals surface area (Å²) in [6.07, 6.45) is 0.611. The van der Waals surface area contributed by atoms with Gasteiger partial charge in [0.15, 0.2) is 0 Å². The largest absolute Gasteiger partial charge is 0.481 e. The Labute approximate surface area is 130 Å². The van der Waals surface area contributed by atoms with Crippen LogP contribution in [0.25, 0.3) is 0 Å². The summed E-state index contributed by atoms with van der Waals surface area (Å²) in [4.78, 5) is 26.2. The summed E-state index contributed by atoms with van der Waals surface area (Å²) in [6, 6.07) is 0. The summed E-state index contributed by atoms with van der Waals surface area (Å²) < 4.78 is 0. The zero-order valence-corrected chi connectivity index (χ0v) is 13.6. The molecule has 22 heavy (non-hydrogen) atoms. The Kier molecular flexibility index (Phi) is 4.68. The van der Waals surface area contributed by atoms with Gasteiger partial charge in [-0.3, -0.25) is 4.79 Å². The number of aliphatic carboxylic acids is 1. The summed E-state index contributed by atoms with van der Waals surface area (Å²) in [6.45, 7) is 9.83. The minimum absolute atomic E-state index is 0.170. The minimum Gasteiger partial charge on any atom is -0.481 e. The molecular formula is C14H24N6O2. The van der Waals surface area contributed by atoms with Gasteiger partial charge in [0.05, 0.1) is 5.92 Å². The summed E-state index contributed by atoms with van der Waals surface area (Å²) in [7, 11) is 0. The van der Waals surface area contributed by atoms with Crippen LogP contribution < -0.4 is 15.5 Å². The Morgan fingerprint density at radius 1 is 1.32 bits per heavy atom. The lowest BCUT2D eigenvalue weighted by molar-refractivity contribution is -0.140. The van der Waals surface area contributed by atoms with Crippen molar-refractivity contribution in [2.45, 2.75) is 39.7 Å². The van der Waals surface area contributed by atoms with Crippen LogP contribution in [-0.4, -0.2) is 51.2 Å². The Bertz CT molecular complexity index is 543. The third kappa shape index (κ3) is 4.19. The van der Waals surface area contributed by atoms with E-state index in [9.17, 15) is 4.79 Å². The van der Waals surface area contributed by atoms with E-state index in [1.54, 1.807) is 0 Å². The molecule has 1 saturated heterocycles. The number of hydrogen-bond donors (Lipinski definition) is 3. The van der Waals surface area contributed by atoms with E-state index in [0.717, 1.165) is 0 Å². The van der Waals surface area contributed by atoms with Crippen molar-refractivity contribution >= 4 is 23.8 Å². The molecule has 1 aromatic rings. The van der Waals surface area contributed by atoms with Crippen molar-refractivity contribution in [1.82, 2.24) is 15.0 Å². The molecule has 1 atom stereocenters. The molecule has 122 valence electrons. The summed E-state index contributed by atoms with van der Waals surface area (Å²) in [5, 5.41) is 15.4. The van der Waals surface area contributed by atoms with Gasteiger partial charge in [0, 0.05) is 25.2 Å². The number of aromatic nitrogens is 3. The van der Waals surface area contributed by atoms with E-state index in [4.69, 9.17) is 5.11 Å². The van der Waals surface area contributed by atoms with Crippen molar-refractivity contribution in [2.75, 3.05) is 35.2 Å². The van der Waals surface area contributed by atoms with E-state index in [1.807, 2.05) is 32.6 Å². The van der Waals surface area contributed by atoms with E-state index in [1.165, 1.54) is 0 Å². The van der Waals surface area contributed by atoms with Gasteiger partial charge in [0.2, 0.25) is 17.8 Å². The molecular weight excluding hydrogens is 284 g/mol. The monoisotopic (exact) mass is 308 g/mol. The Balaban J connectivity index is 2.24. The first kappa shape index (κ1) is 16.3. The number of carboxylic acid groups (broad SMARTS) is 1. The van der Waals surface area contributed by atoms with E-state index >= 15 is 0 Å². The third-order valence-corrected chi connectivity index (χ3v) is 3.27. The lowest BCUT2D eigenvalue weighted by atomic mass is 10.1. The maximum atomic E-state index is 11.1. The van der Waals surface area contributed by atoms with Crippen LogP contribution in [0.4, 0.5) is 17.8 Å². The number of anilines is 3. The molecule has 8 heteroatoms. The van der Waals surface area contributed by atoms with Gasteiger partial charge < -0.3 is 20.6 Å². The van der Waals surface area contributed by atoms with Crippen LogP contribution in [0.3, 0.4) is 0 Å². The average Bonchev–Trinajstić information content (AvgIpc) is 2.86. The van der Waals surface area contributed by atoms with Gasteiger partial charge in [-0.2, -0.15) is 15.0 Å². The molecule has 1 aliphatic rings. The molecule has 0 saturated carbocycles. The molecule has 2 heterocycles. The molecule has 0 bridgehead atoms. The zero-order chi connectivity index (χ0) is 16.3. The van der Waals surface area contributed by atoms with Crippen LogP contribution in [0.2, 0.25) is 0 Å². The summed E-state index contributed by atoms with van der Waals surface area (Å²) >= 11 is 0. The zero-order valence-electron chi connectivity index (χ0n) is 13.6. The fourth-order valence-electron chi connectivity index (χ4n) is 2.28. The van der Waals surface area contributed by atoms with Crippen LogP contribution in [0.15, 0.2) is 0 Å². The number of hydrogen-bond acceptors (Lipinski definition) is 7. The fraction of sp³-hybridized carbons (Fsp3) is 0.714. The molecule has 2 rings (SSSR count). The van der Waals surface area contributed by atoms with Crippen molar-refractivity contribution in [3.63, 3.8) is 0 Å². The normalized spacial score (nSPS) is 18.4. The topological polar surface area (TPSA) is 103 Å². The first-order chi connectivity index (χ1) is 10.3. The van der Waals surface area contributed by atoms with Crippen molar-refractivity contribution < 1.29 is 9.90 Å². The van der Waals surface area contributed by atoms with Crippen LogP contribution in [0.1, 0.15) is 34.1 Å². The highest BCUT2D eigenvalue weighted by Gasteiger charge is 2.30. The predicted octanol–water partition coefficient (Wildman–Crippen LogP) is 1.42. The summed E-state index contributed by atoms with van der Waals surface area (Å²) in [5.74, 6) is 0.376. The maximum Gasteiger partial charge on any atom is 0.308 e. The Morgan fingerprint density at radius 3 is 2.55 bits per heavy atom. The minimum atomic E-state index is -0.767. The molecule has 3 N–H and O–H groups in total. The SMILES string of the molecule is CCNc1nc(NC(C)(C)C)nc(N2CCC(C(=O)O)C2)n1. The number of nitrogens with one attached hydrogen (secondary N) is 2. The lowest BCUT2D eigenvalue weighted by Gasteiger charge is -2.22. The summed E-state index contributed by atoms with van der Waals surface area (Å²) in [5.41, 5.74) is -0.170. The number of carboxylic acids is 1. The van der Waals surface area contributed by atoms with E-state index < -0.39 is 5.97 Å². The van der Waals surface area contributed by atoms with Crippen LogP contribution in [-0.2, 0) is 4.79 Å². The smallest absolute Gasteiger partial charge is 0.308 e. The third-order valence-electron chi connectivity index (χ3n) is 3.27. The molecule has 1 aliphatic heterocycles. The first-order valence-electron chi connectivity index (χ1n) is 7.54. The van der Waals surface area contributed by atoms with E-state index in [2.05, 4.69) is 25.6 Å². The molecule has 0 amide bonds. The average molecular weight is 308 g/mol. The molecule has 0 aliphatic carbocycles. The van der Waals surface area contributed by atoms with Gasteiger partial charge in [-0.1, -0.05) is 0 Å². The van der Waals surface area contributed by atoms with Crippen molar-refractivity contribution in [1.29, 1.82) is 0 Å². The van der Waals surface area contributed by atoms with Crippen LogP contribution >= 0.6 is 0 Å². The first-order valence-corrected chi connectivity index (χ1v) is 7.54. The maximum absolute atomic E-state index is 11.1. The van der Waals surface area contributed by atoms with E-state index in [0.29, 0.717) is 43.9 Å². The second kappa shape index (κ2) is 6.33. The number of nitrogens with zero attached hydrogens (tertiary/aromatic N) is 4. The van der Waals surface area contributed by atoms with Gasteiger partial charge in [0.25, 0.3) is 0 Å². The molecule has 1 unspecified atom stereocenters. The van der Waals surface area contributed by atoms with Crippen molar-refractivity contribution in [2.24, 2.45) is 5.92 Å². The lowest BCUT2D eigenvalue weighted by Crippen LogP contribution is -2.29. The van der Waals surface area contributed by atoms with Gasteiger partial charge in [-0.25, -0.2) is 0 Å². The van der Waals surface area contributed by atoms with Gasteiger partial charge in [-0.15, -0.1) is 0 Å². The number of carbonyl (C=O) groups is 1. The highest BCUT2D eigenvalue weighted by Crippen LogP contribution is 2.23. The Morgan fingerprint density at radius 2 is 2.00 bits per heavy atom. The van der Waals surface area contributed by atoms with Gasteiger partial charge >= 0.3 is 5.97 Å². The highest BCUT2D eigenvalue weighted by molar-refractivity contribution is 5.71. The predicted molar refractivity (Wildman–Crippen MR) is 85.3 cm³/mol. The molecule has 1 fully saturated rings. The van der Waals surface area contributed by atoms with Crippen molar-refractivity contribution in [3.8, 4) is 0 Å². The molecule has 8 nitrogen and oxygen atoms in total. The molecule has 0 spiro atoms. The van der Waals surface area contributed by atoms with Gasteiger partial charge in [-0.05, 0) is 34.1 Å². The second-order valence-electron chi connectivity index (χ2n) is 6.46. The molecule has 0 radical (unpaired) electrons. The van der Waals surface area contributed by atoms with Crippen molar-refractivity contribution in [3.05, 3.63) is 0 Å². The quantitative estimate of drug-likeness (QED) is 0.750. The van der Waals surface area contributed by atoms with Crippen LogP contribution in [0.5, 0.6) is 0 Å².